The van der Waals surface area contributed by atoms with Crippen molar-refractivity contribution in [1.82, 2.24) is 24.3 Å². The number of hydrogen-bond donors (Lipinski definition) is 2. The zero-order valence-corrected chi connectivity index (χ0v) is 21.7. The summed E-state index contributed by atoms with van der Waals surface area (Å²) in [5, 5.41) is 2.85. The van der Waals surface area contributed by atoms with Gasteiger partial charge in [0.2, 0.25) is 0 Å². The van der Waals surface area contributed by atoms with E-state index in [4.69, 9.17) is 10.7 Å². The number of amides is 2. The van der Waals surface area contributed by atoms with E-state index in [-0.39, 0.29) is 28.8 Å². The van der Waals surface area contributed by atoms with Crippen LogP contribution in [0.4, 0.5) is 11.6 Å². The van der Waals surface area contributed by atoms with Crippen LogP contribution in [0.2, 0.25) is 0 Å². The maximum absolute atomic E-state index is 12.8. The van der Waals surface area contributed by atoms with Crippen LogP contribution < -0.4 is 11.1 Å². The normalized spacial score (nSPS) is 24.3. The number of nitrogens with two attached hydrogens (primary N) is 1. The number of nitrogen functional groups attached to an aromatic ring is 1. The molecule has 1 saturated heterocycles. The second-order valence-electron chi connectivity index (χ2n) is 10.7. The van der Waals surface area contributed by atoms with Crippen molar-refractivity contribution in [2.75, 3.05) is 11.1 Å². The summed E-state index contributed by atoms with van der Waals surface area (Å²) in [6, 6.07) is 11.2. The SMILES string of the molecule is CC#CC(=O)N1C2CCC3(c4nc(-c5ccc(C(=O)Nc6cc(C)ccn6)cc5)c5c(N)nccn45)CCC213. The Morgan fingerprint density at radius 3 is 2.64 bits per heavy atom. The van der Waals surface area contributed by atoms with Crippen LogP contribution >= 0.6 is 0 Å². The average Bonchev–Trinajstić information content (AvgIpc) is 3.39. The fraction of sp³-hybridized carbons (Fsp3) is 0.300. The highest BCUT2D eigenvalue weighted by atomic mass is 16.2. The summed E-state index contributed by atoms with van der Waals surface area (Å²) < 4.78 is 2.05. The number of fused-ring (bicyclic) bond motifs is 1. The van der Waals surface area contributed by atoms with Gasteiger partial charge in [0.25, 0.3) is 11.8 Å². The van der Waals surface area contributed by atoms with Crippen molar-refractivity contribution in [2.45, 2.75) is 56.5 Å². The monoisotopic (exact) mass is 517 g/mol. The number of nitrogens with one attached hydrogen (secondary N) is 1. The number of nitrogens with zero attached hydrogens (tertiary/aromatic N) is 5. The third-order valence-electron chi connectivity index (χ3n) is 8.87. The number of benzene rings is 1. The van der Waals surface area contributed by atoms with Crippen molar-refractivity contribution < 1.29 is 9.59 Å². The van der Waals surface area contributed by atoms with Gasteiger partial charge >= 0.3 is 0 Å². The Labute approximate surface area is 225 Å². The lowest BCUT2D eigenvalue weighted by molar-refractivity contribution is -0.123. The fourth-order valence-electron chi connectivity index (χ4n) is 7.09. The molecule has 194 valence electrons. The van der Waals surface area contributed by atoms with E-state index in [1.165, 1.54) is 0 Å². The van der Waals surface area contributed by atoms with Crippen LogP contribution in [-0.2, 0) is 10.2 Å². The molecule has 3 aromatic heterocycles. The number of imidazole rings is 1. The van der Waals surface area contributed by atoms with Crippen molar-refractivity contribution >= 4 is 29.0 Å². The van der Waals surface area contributed by atoms with Gasteiger partial charge in [0.15, 0.2) is 0 Å². The Morgan fingerprint density at radius 1 is 1.10 bits per heavy atom. The third kappa shape index (κ3) is 3.12. The number of rotatable bonds is 4. The molecule has 1 aliphatic heterocycles. The van der Waals surface area contributed by atoms with Crippen LogP contribution in [0.1, 0.15) is 54.4 Å². The molecule has 3 atom stereocenters. The van der Waals surface area contributed by atoms with Gasteiger partial charge in [-0.05, 0) is 75.3 Å². The number of piperidine rings is 1. The van der Waals surface area contributed by atoms with Crippen molar-refractivity contribution in [2.24, 2.45) is 0 Å². The van der Waals surface area contributed by atoms with Gasteiger partial charge in [-0.2, -0.15) is 0 Å². The summed E-state index contributed by atoms with van der Waals surface area (Å²) in [7, 11) is 0. The molecule has 4 heterocycles. The zero-order valence-electron chi connectivity index (χ0n) is 21.7. The molecule has 2 aliphatic carbocycles. The molecule has 9 heteroatoms. The largest absolute Gasteiger partial charge is 0.382 e. The molecule has 3 N–H and O–H groups in total. The Hall–Kier alpha value is -4.71. The smallest absolute Gasteiger partial charge is 0.299 e. The predicted octanol–water partition coefficient (Wildman–Crippen LogP) is 3.73. The molecule has 2 amide bonds. The molecule has 9 nitrogen and oxygen atoms in total. The first-order chi connectivity index (χ1) is 18.9. The summed E-state index contributed by atoms with van der Waals surface area (Å²) in [5.74, 6) is 6.98. The topological polar surface area (TPSA) is 118 Å². The van der Waals surface area contributed by atoms with E-state index in [1.807, 2.05) is 42.3 Å². The van der Waals surface area contributed by atoms with Crippen LogP contribution in [0.5, 0.6) is 0 Å². The molecule has 0 radical (unpaired) electrons. The van der Waals surface area contributed by atoms with Gasteiger partial charge in [-0.3, -0.25) is 14.0 Å². The first kappa shape index (κ1) is 23.4. The number of anilines is 2. The standard InChI is InChI=1S/C30H27N7O2/c1-3-4-23(38)37-21-9-11-29(12-13-30(21,29)37)28-35-24(25-26(31)33-15-16-36(25)28)19-5-7-20(8-6-19)27(39)34-22-17-18(2)10-14-32-22/h5-8,10,14-17,21H,9,11-13H2,1-2H3,(H2,31,33)(H,32,34,39). The molecule has 3 aliphatic rings. The predicted molar refractivity (Wildman–Crippen MR) is 147 cm³/mol. The quantitative estimate of drug-likeness (QED) is 0.315. The summed E-state index contributed by atoms with van der Waals surface area (Å²) in [5.41, 5.74) is 9.78. The van der Waals surface area contributed by atoms with Crippen LogP contribution in [0, 0.1) is 18.8 Å². The summed E-state index contributed by atoms with van der Waals surface area (Å²) in [6.45, 7) is 3.65. The van der Waals surface area contributed by atoms with E-state index in [0.717, 1.165) is 53.8 Å². The molecular weight excluding hydrogens is 490 g/mol. The molecule has 0 bridgehead atoms. The molecule has 3 unspecified atom stereocenters. The second kappa shape index (κ2) is 8.14. The Morgan fingerprint density at radius 2 is 1.92 bits per heavy atom. The van der Waals surface area contributed by atoms with Gasteiger partial charge in [-0.1, -0.05) is 18.1 Å². The minimum Gasteiger partial charge on any atom is -0.382 e. The molecular formula is C30H27N7O2. The number of likely N-dealkylation sites (tertiary alicyclic amines) is 1. The molecule has 1 spiro atoms. The van der Waals surface area contributed by atoms with Crippen molar-refractivity contribution in [1.29, 1.82) is 0 Å². The van der Waals surface area contributed by atoms with Crippen molar-refractivity contribution in [3.05, 3.63) is 71.9 Å². The number of aromatic nitrogens is 4. The Balaban J connectivity index is 1.26. The summed E-state index contributed by atoms with van der Waals surface area (Å²) in [4.78, 5) is 41.4. The molecule has 39 heavy (non-hydrogen) atoms. The highest BCUT2D eigenvalue weighted by molar-refractivity contribution is 6.04. The molecule has 4 aromatic rings. The molecule has 3 fully saturated rings. The number of pyridine rings is 1. The van der Waals surface area contributed by atoms with Crippen LogP contribution in [0.15, 0.2) is 55.0 Å². The van der Waals surface area contributed by atoms with Crippen LogP contribution in [-0.4, -0.2) is 47.6 Å². The van der Waals surface area contributed by atoms with Crippen molar-refractivity contribution in [3.63, 3.8) is 0 Å². The fourth-order valence-corrected chi connectivity index (χ4v) is 7.09. The first-order valence-electron chi connectivity index (χ1n) is 13.1. The highest BCUT2D eigenvalue weighted by Gasteiger charge is 2.83. The number of hydrogen-bond acceptors (Lipinski definition) is 6. The Kier molecular flexibility index (Phi) is 4.89. The van der Waals surface area contributed by atoms with Gasteiger partial charge in [0, 0.05) is 29.7 Å². The van der Waals surface area contributed by atoms with E-state index in [2.05, 4.69) is 31.5 Å². The van der Waals surface area contributed by atoms with Gasteiger partial charge in [0.05, 0.1) is 17.0 Å². The maximum Gasteiger partial charge on any atom is 0.299 e. The summed E-state index contributed by atoms with van der Waals surface area (Å²) in [6.07, 6.45) is 9.09. The maximum atomic E-state index is 12.8. The van der Waals surface area contributed by atoms with E-state index in [1.54, 1.807) is 31.5 Å². The lowest BCUT2D eigenvalue weighted by atomic mass is 9.59. The number of aryl methyl sites for hydroxylation is 1. The van der Waals surface area contributed by atoms with E-state index in [0.29, 0.717) is 17.2 Å². The van der Waals surface area contributed by atoms with Crippen molar-refractivity contribution in [3.8, 4) is 23.1 Å². The molecule has 2 saturated carbocycles. The van der Waals surface area contributed by atoms with E-state index < -0.39 is 0 Å². The van der Waals surface area contributed by atoms with Gasteiger partial charge in [-0.15, -0.1) is 0 Å². The minimum atomic E-state index is -0.239. The average molecular weight is 518 g/mol. The van der Waals surface area contributed by atoms with Crippen LogP contribution in [0.25, 0.3) is 16.8 Å². The number of carbonyl (C=O) groups is 2. The molecule has 7 rings (SSSR count). The minimum absolute atomic E-state index is 0.0942. The van der Waals surface area contributed by atoms with Gasteiger partial charge < -0.3 is 16.0 Å². The third-order valence-corrected chi connectivity index (χ3v) is 8.87. The van der Waals surface area contributed by atoms with Crippen LogP contribution in [0.3, 0.4) is 0 Å². The lowest BCUT2D eigenvalue weighted by Gasteiger charge is -2.47. The van der Waals surface area contributed by atoms with E-state index in [9.17, 15) is 9.59 Å². The first-order valence-corrected chi connectivity index (χ1v) is 13.1. The van der Waals surface area contributed by atoms with Gasteiger partial charge in [-0.25, -0.2) is 15.0 Å². The Bertz CT molecular complexity index is 1750. The van der Waals surface area contributed by atoms with E-state index >= 15 is 0 Å². The van der Waals surface area contributed by atoms with Gasteiger partial charge in [0.1, 0.15) is 28.7 Å². The number of carbonyl (C=O) groups excluding carboxylic acids is 2. The molecule has 1 aromatic carbocycles. The summed E-state index contributed by atoms with van der Waals surface area (Å²) >= 11 is 0. The lowest BCUT2D eigenvalue weighted by Crippen LogP contribution is -2.54. The zero-order chi connectivity index (χ0) is 26.9. The highest BCUT2D eigenvalue weighted by Crippen LogP contribution is 2.74. The second-order valence-corrected chi connectivity index (χ2v) is 10.7.